The van der Waals surface area contributed by atoms with E-state index in [1.54, 1.807) is 0 Å². The predicted octanol–water partition coefficient (Wildman–Crippen LogP) is 6.90. The van der Waals surface area contributed by atoms with Gasteiger partial charge in [-0.05, 0) is 81.5 Å². The lowest BCUT2D eigenvalue weighted by molar-refractivity contribution is 0.173. The first-order valence-corrected chi connectivity index (χ1v) is 12.2. The summed E-state index contributed by atoms with van der Waals surface area (Å²) in [7, 11) is 0. The molecule has 0 bridgehead atoms. The van der Waals surface area contributed by atoms with Crippen LogP contribution in [0, 0.1) is 5.41 Å². The van der Waals surface area contributed by atoms with Crippen LogP contribution >= 0.6 is 0 Å². The number of benzene rings is 4. The van der Waals surface area contributed by atoms with Gasteiger partial charge in [0.2, 0.25) is 13.6 Å². The molecular weight excluding hydrogens is 436 g/mol. The van der Waals surface area contributed by atoms with Crippen molar-refractivity contribution in [1.82, 2.24) is 0 Å². The average molecular weight is 461 g/mol. The Morgan fingerprint density at radius 2 is 1.60 bits per heavy atom. The summed E-state index contributed by atoms with van der Waals surface area (Å²) in [6, 6.07) is 21.7. The van der Waals surface area contributed by atoms with Crippen molar-refractivity contribution in [2.45, 2.75) is 26.2 Å². The van der Waals surface area contributed by atoms with Gasteiger partial charge in [-0.1, -0.05) is 61.0 Å². The molecule has 0 N–H and O–H groups in total. The van der Waals surface area contributed by atoms with Crippen LogP contribution in [0.1, 0.15) is 35.6 Å². The summed E-state index contributed by atoms with van der Waals surface area (Å²) in [6.07, 6.45) is 5.32. The van der Waals surface area contributed by atoms with Gasteiger partial charge < -0.3 is 18.9 Å². The van der Waals surface area contributed by atoms with Crippen molar-refractivity contribution < 1.29 is 18.9 Å². The van der Waals surface area contributed by atoms with Crippen molar-refractivity contribution in [2.75, 3.05) is 13.6 Å². The first kappa shape index (κ1) is 19.4. The fraction of sp³-hybridized carbons (Fsp3) is 0.226. The number of hydrogen-bond donors (Lipinski definition) is 0. The lowest BCUT2D eigenvalue weighted by atomic mass is 9.81. The topological polar surface area (TPSA) is 36.9 Å². The van der Waals surface area contributed by atoms with Crippen LogP contribution in [0.25, 0.3) is 28.0 Å². The minimum atomic E-state index is 0.166. The molecule has 0 saturated heterocycles. The van der Waals surface area contributed by atoms with Gasteiger partial charge in [0.1, 0.15) is 0 Å². The van der Waals surface area contributed by atoms with Crippen molar-refractivity contribution in [3.63, 3.8) is 0 Å². The van der Waals surface area contributed by atoms with E-state index in [4.69, 9.17) is 18.9 Å². The molecule has 0 amide bonds. The average Bonchev–Trinajstić information content (AvgIpc) is 3.23. The van der Waals surface area contributed by atoms with Crippen LogP contribution in [0.3, 0.4) is 0 Å². The molecule has 1 fully saturated rings. The minimum Gasteiger partial charge on any atom is -0.454 e. The van der Waals surface area contributed by atoms with Crippen LogP contribution in [0.5, 0.6) is 23.0 Å². The van der Waals surface area contributed by atoms with Gasteiger partial charge in [0.05, 0.1) is 0 Å². The predicted molar refractivity (Wildman–Crippen MR) is 135 cm³/mol. The zero-order valence-electron chi connectivity index (χ0n) is 19.5. The number of ether oxygens (including phenoxy) is 4. The standard InChI is InChI=1S/C31H24O4/c1-31-14-21(31)12-24-29(20(9-18-5-3-2-4-6-18)11-28-30(24)35-17-34-28)22-8-7-19-10-26-27(33-16-32-26)13-23(19)25(22)15-31/h2-8,10-13H,9,14-17H2,1H3. The van der Waals surface area contributed by atoms with E-state index in [-0.39, 0.29) is 19.0 Å². The highest BCUT2D eigenvalue weighted by molar-refractivity contribution is 5.98. The largest absolute Gasteiger partial charge is 0.454 e. The van der Waals surface area contributed by atoms with Gasteiger partial charge in [0.25, 0.3) is 0 Å². The summed E-state index contributed by atoms with van der Waals surface area (Å²) >= 11 is 0. The molecule has 172 valence electrons. The van der Waals surface area contributed by atoms with E-state index in [1.807, 2.05) is 0 Å². The van der Waals surface area contributed by atoms with E-state index in [1.165, 1.54) is 44.2 Å². The molecule has 4 aromatic carbocycles. The molecule has 4 heteroatoms. The lowest BCUT2D eigenvalue weighted by Gasteiger charge is -2.23. The van der Waals surface area contributed by atoms with Crippen LogP contribution in [-0.4, -0.2) is 13.6 Å². The maximum atomic E-state index is 6.06. The minimum absolute atomic E-state index is 0.166. The van der Waals surface area contributed by atoms with Gasteiger partial charge in [-0.2, -0.15) is 0 Å². The summed E-state index contributed by atoms with van der Waals surface area (Å²) < 4.78 is 23.4. The number of allylic oxidation sites excluding steroid dienone is 1. The molecule has 4 aromatic rings. The summed E-state index contributed by atoms with van der Waals surface area (Å²) in [5, 5.41) is 2.44. The monoisotopic (exact) mass is 460 g/mol. The smallest absolute Gasteiger partial charge is 0.231 e. The fourth-order valence-electron chi connectivity index (χ4n) is 6.08. The Hall–Kier alpha value is -3.92. The normalized spacial score (nSPS) is 20.4. The van der Waals surface area contributed by atoms with E-state index in [0.29, 0.717) is 0 Å². The maximum Gasteiger partial charge on any atom is 0.231 e. The Labute approximate surface area is 203 Å². The summed E-state index contributed by atoms with van der Waals surface area (Å²) in [5.74, 6) is 3.38. The number of hydrogen-bond acceptors (Lipinski definition) is 4. The van der Waals surface area contributed by atoms with Gasteiger partial charge in [-0.15, -0.1) is 0 Å². The van der Waals surface area contributed by atoms with Gasteiger partial charge in [0, 0.05) is 5.56 Å². The molecule has 0 spiro atoms. The van der Waals surface area contributed by atoms with Gasteiger partial charge in [-0.3, -0.25) is 0 Å². The molecular formula is C31H24O4. The van der Waals surface area contributed by atoms with E-state index >= 15 is 0 Å². The SMILES string of the molecule is CC12CC1=Cc1c3c(cc(Cc4ccccc4)c1-c1ccc4cc5c(cc4c1C2)OCO5)OCO3. The third-order valence-electron chi connectivity index (χ3n) is 8.03. The fourth-order valence-corrected chi connectivity index (χ4v) is 6.08. The van der Waals surface area contributed by atoms with Crippen LogP contribution < -0.4 is 18.9 Å². The zero-order chi connectivity index (χ0) is 23.1. The first-order chi connectivity index (χ1) is 17.2. The second-order valence-corrected chi connectivity index (χ2v) is 10.3. The summed E-state index contributed by atoms with van der Waals surface area (Å²) in [5.41, 5.74) is 9.26. The first-order valence-electron chi connectivity index (χ1n) is 12.2. The Balaban J connectivity index is 1.45. The second kappa shape index (κ2) is 6.82. The van der Waals surface area contributed by atoms with E-state index < -0.39 is 0 Å². The second-order valence-electron chi connectivity index (χ2n) is 10.3. The molecule has 4 nitrogen and oxygen atoms in total. The van der Waals surface area contributed by atoms with Crippen LogP contribution in [-0.2, 0) is 12.8 Å². The quantitative estimate of drug-likeness (QED) is 0.326. The van der Waals surface area contributed by atoms with Crippen molar-refractivity contribution in [1.29, 1.82) is 0 Å². The molecule has 35 heavy (non-hydrogen) atoms. The molecule has 4 aliphatic rings. The third kappa shape index (κ3) is 2.86. The highest BCUT2D eigenvalue weighted by Crippen LogP contribution is 2.60. The van der Waals surface area contributed by atoms with Gasteiger partial charge in [-0.25, -0.2) is 0 Å². The number of fused-ring (bicyclic) bond motifs is 9. The van der Waals surface area contributed by atoms with Crippen LogP contribution in [0.4, 0.5) is 0 Å². The van der Waals surface area contributed by atoms with Crippen molar-refractivity contribution in [3.05, 3.63) is 88.5 Å². The Morgan fingerprint density at radius 3 is 2.49 bits per heavy atom. The molecule has 0 aromatic heterocycles. The molecule has 0 radical (unpaired) electrons. The van der Waals surface area contributed by atoms with Crippen LogP contribution in [0.2, 0.25) is 0 Å². The van der Waals surface area contributed by atoms with E-state index in [2.05, 4.69) is 73.7 Å². The van der Waals surface area contributed by atoms with E-state index in [9.17, 15) is 0 Å². The Morgan fingerprint density at radius 1 is 0.800 bits per heavy atom. The van der Waals surface area contributed by atoms with Crippen molar-refractivity contribution in [2.24, 2.45) is 5.41 Å². The number of rotatable bonds is 2. The molecule has 8 rings (SSSR count). The van der Waals surface area contributed by atoms with Crippen LogP contribution in [0.15, 0.2) is 66.2 Å². The maximum absolute atomic E-state index is 6.06. The van der Waals surface area contributed by atoms with Crippen molar-refractivity contribution >= 4 is 16.8 Å². The third-order valence-corrected chi connectivity index (χ3v) is 8.03. The molecule has 1 unspecified atom stereocenters. The molecule has 2 heterocycles. The summed E-state index contributed by atoms with van der Waals surface area (Å²) in [6.45, 7) is 2.93. The van der Waals surface area contributed by atoms with Gasteiger partial charge in [0.15, 0.2) is 23.0 Å². The molecule has 2 aliphatic heterocycles. The Bertz CT molecular complexity index is 1580. The van der Waals surface area contributed by atoms with Gasteiger partial charge >= 0.3 is 0 Å². The summed E-state index contributed by atoms with van der Waals surface area (Å²) in [4.78, 5) is 0. The highest BCUT2D eigenvalue weighted by Gasteiger charge is 2.46. The molecule has 2 aliphatic carbocycles. The van der Waals surface area contributed by atoms with Crippen molar-refractivity contribution in [3.8, 4) is 34.1 Å². The van der Waals surface area contributed by atoms with E-state index in [0.717, 1.165) is 47.8 Å². The highest BCUT2D eigenvalue weighted by atomic mass is 16.7. The Kier molecular flexibility index (Phi) is 3.78. The zero-order valence-corrected chi connectivity index (χ0v) is 19.5. The molecule has 1 atom stereocenters. The molecule has 1 saturated carbocycles. The lowest BCUT2D eigenvalue weighted by Crippen LogP contribution is -2.07.